The van der Waals surface area contributed by atoms with Crippen LogP contribution in [0.1, 0.15) is 44.7 Å². The van der Waals surface area contributed by atoms with E-state index in [0.717, 1.165) is 29.5 Å². The van der Waals surface area contributed by atoms with Crippen molar-refractivity contribution in [3.8, 4) is 0 Å². The highest BCUT2D eigenvalue weighted by Crippen LogP contribution is 2.24. The minimum Gasteiger partial charge on any atom is -0.380 e. The second kappa shape index (κ2) is 19.1. The maximum atomic E-state index is 12.4. The van der Waals surface area contributed by atoms with Crippen LogP contribution < -0.4 is 10.6 Å². The molecule has 0 aliphatic rings. The van der Waals surface area contributed by atoms with Crippen LogP contribution in [0.2, 0.25) is 0 Å². The number of likely N-dealkylation sites (N-methyl/N-ethyl adjacent to an activating group) is 2. The van der Waals surface area contributed by atoms with Gasteiger partial charge in [0.25, 0.3) is 17.7 Å². The Hall–Kier alpha value is -4.01. The predicted octanol–water partition coefficient (Wildman–Crippen LogP) is 3.62. The van der Waals surface area contributed by atoms with Crippen molar-refractivity contribution in [3.05, 3.63) is 102 Å². The van der Waals surface area contributed by atoms with Crippen LogP contribution in [0.4, 0.5) is 0 Å². The van der Waals surface area contributed by atoms with Crippen LogP contribution in [0.5, 0.6) is 0 Å². The van der Waals surface area contributed by atoms with E-state index in [1.165, 1.54) is 4.90 Å². The summed E-state index contributed by atoms with van der Waals surface area (Å²) in [5.41, 5.74) is 2.76. The second-order valence-corrected chi connectivity index (χ2v) is 8.83. The minimum atomic E-state index is -1.86. The maximum absolute atomic E-state index is 12.4. The number of allylic oxidation sites excluding steroid dienone is 3. The molecule has 4 N–H and O–H groups in total. The van der Waals surface area contributed by atoms with Gasteiger partial charge < -0.3 is 25.7 Å². The summed E-state index contributed by atoms with van der Waals surface area (Å²) in [5.74, 6) is -1.73. The standard InChI is InChI=1S/C26H37N3O5.C6H6/c1-6-10-16-29(9-4)26(34)23(31)22(30)25(33)28-17-18-12-14-19(15-13-18)20(8-3)21(11-7-2)24(32)27-5;1-2-4-6-5-3-1/h7-8,11-15,22-23,30-31H,2,6,9-10,16-17H2,1,3-5H3,(H,27,32)(H,28,33);1-6H/b20-8-,21-11+;. The van der Waals surface area contributed by atoms with E-state index in [9.17, 15) is 24.6 Å². The zero-order valence-corrected chi connectivity index (χ0v) is 24.0. The van der Waals surface area contributed by atoms with Gasteiger partial charge >= 0.3 is 0 Å². The number of hydrogen-bond donors (Lipinski definition) is 4. The van der Waals surface area contributed by atoms with Gasteiger partial charge in [-0.2, -0.15) is 0 Å². The van der Waals surface area contributed by atoms with E-state index in [1.807, 2.05) is 68.5 Å². The number of carbonyl (C=O) groups excluding carboxylic acids is 3. The SMILES string of the molecule is C=C/C=C(C(=O)NC)\C(=C/C)c1ccc(CNC(=O)C(O)C(O)C(=O)N(CC)CCCC)cc1.c1ccccc1. The van der Waals surface area contributed by atoms with E-state index in [1.54, 1.807) is 38.3 Å². The Morgan fingerprint density at radius 1 is 0.975 bits per heavy atom. The Morgan fingerprint density at radius 2 is 1.55 bits per heavy atom. The minimum absolute atomic E-state index is 0.0976. The van der Waals surface area contributed by atoms with Crippen LogP contribution in [0, 0.1) is 0 Å². The molecule has 0 saturated carbocycles. The van der Waals surface area contributed by atoms with Crippen LogP contribution in [-0.4, -0.2) is 65.2 Å². The molecule has 0 spiro atoms. The molecule has 0 aliphatic heterocycles. The lowest BCUT2D eigenvalue weighted by Crippen LogP contribution is -2.50. The van der Waals surface area contributed by atoms with Crippen molar-refractivity contribution in [1.29, 1.82) is 0 Å². The van der Waals surface area contributed by atoms with E-state index in [0.29, 0.717) is 18.7 Å². The molecule has 8 nitrogen and oxygen atoms in total. The third-order valence-electron chi connectivity index (χ3n) is 6.03. The molecular formula is C32H43N3O5. The topological polar surface area (TPSA) is 119 Å². The molecule has 0 bridgehead atoms. The molecule has 40 heavy (non-hydrogen) atoms. The summed E-state index contributed by atoms with van der Waals surface area (Å²) in [4.78, 5) is 38.3. The molecular weight excluding hydrogens is 506 g/mol. The molecule has 2 rings (SSSR count). The van der Waals surface area contributed by atoms with Gasteiger partial charge in [0.15, 0.2) is 12.2 Å². The number of benzene rings is 2. The van der Waals surface area contributed by atoms with Gasteiger partial charge in [0.05, 0.1) is 0 Å². The number of rotatable bonds is 13. The molecule has 0 aliphatic carbocycles. The summed E-state index contributed by atoms with van der Waals surface area (Å²) >= 11 is 0. The van der Waals surface area contributed by atoms with E-state index in [2.05, 4.69) is 17.2 Å². The summed E-state index contributed by atoms with van der Waals surface area (Å²) in [6.45, 7) is 10.2. The van der Waals surface area contributed by atoms with Crippen molar-refractivity contribution < 1.29 is 24.6 Å². The average molecular weight is 550 g/mol. The molecule has 2 aromatic carbocycles. The summed E-state index contributed by atoms with van der Waals surface area (Å²) < 4.78 is 0. The van der Waals surface area contributed by atoms with Gasteiger partial charge in [0.2, 0.25) is 0 Å². The third kappa shape index (κ3) is 11.0. The quantitative estimate of drug-likeness (QED) is 0.225. The first kappa shape index (κ1) is 34.0. The average Bonchev–Trinajstić information content (AvgIpc) is 3.00. The van der Waals surface area contributed by atoms with Crippen LogP contribution in [0.25, 0.3) is 5.57 Å². The van der Waals surface area contributed by atoms with Gasteiger partial charge in [0.1, 0.15) is 0 Å². The number of aliphatic hydroxyl groups excluding tert-OH is 2. The Labute approximate surface area is 238 Å². The van der Waals surface area contributed by atoms with Gasteiger partial charge in [0, 0.05) is 32.3 Å². The van der Waals surface area contributed by atoms with Crippen molar-refractivity contribution in [1.82, 2.24) is 15.5 Å². The number of nitrogens with zero attached hydrogens (tertiary/aromatic N) is 1. The Bertz CT molecular complexity index is 1100. The summed E-state index contributed by atoms with van der Waals surface area (Å²) in [7, 11) is 1.56. The number of hydrogen-bond acceptors (Lipinski definition) is 5. The van der Waals surface area contributed by atoms with Crippen LogP contribution >= 0.6 is 0 Å². The molecule has 216 valence electrons. The van der Waals surface area contributed by atoms with Crippen molar-refractivity contribution in [3.63, 3.8) is 0 Å². The highest BCUT2D eigenvalue weighted by atomic mass is 16.3. The molecule has 2 atom stereocenters. The van der Waals surface area contributed by atoms with Gasteiger partial charge in [-0.15, -0.1) is 0 Å². The lowest BCUT2D eigenvalue weighted by atomic mass is 9.95. The summed E-state index contributed by atoms with van der Waals surface area (Å²) in [5, 5.41) is 25.5. The molecule has 0 heterocycles. The van der Waals surface area contributed by atoms with E-state index in [4.69, 9.17) is 0 Å². The lowest BCUT2D eigenvalue weighted by molar-refractivity contribution is -0.153. The van der Waals surface area contributed by atoms with Crippen molar-refractivity contribution in [2.45, 2.75) is 52.4 Å². The zero-order valence-electron chi connectivity index (χ0n) is 24.0. The Balaban J connectivity index is 0.00000117. The predicted molar refractivity (Wildman–Crippen MR) is 160 cm³/mol. The second-order valence-electron chi connectivity index (χ2n) is 8.83. The van der Waals surface area contributed by atoms with E-state index >= 15 is 0 Å². The molecule has 0 radical (unpaired) electrons. The first-order chi connectivity index (χ1) is 19.2. The molecule has 2 unspecified atom stereocenters. The van der Waals surface area contributed by atoms with E-state index in [-0.39, 0.29) is 12.5 Å². The maximum Gasteiger partial charge on any atom is 0.254 e. The third-order valence-corrected chi connectivity index (χ3v) is 6.03. The highest BCUT2D eigenvalue weighted by Gasteiger charge is 2.32. The molecule has 0 saturated heterocycles. The highest BCUT2D eigenvalue weighted by molar-refractivity contribution is 6.09. The normalized spacial score (nSPS) is 12.8. The molecule has 0 aromatic heterocycles. The largest absolute Gasteiger partial charge is 0.380 e. The monoisotopic (exact) mass is 549 g/mol. The Kier molecular flexibility index (Phi) is 16.3. The van der Waals surface area contributed by atoms with Gasteiger partial charge in [-0.1, -0.05) is 92.7 Å². The first-order valence-corrected chi connectivity index (χ1v) is 13.5. The van der Waals surface area contributed by atoms with Crippen molar-refractivity contribution in [2.75, 3.05) is 20.1 Å². The van der Waals surface area contributed by atoms with Crippen molar-refractivity contribution in [2.24, 2.45) is 0 Å². The van der Waals surface area contributed by atoms with Crippen molar-refractivity contribution >= 4 is 23.3 Å². The first-order valence-electron chi connectivity index (χ1n) is 13.5. The molecule has 2 aromatic rings. The van der Waals surface area contributed by atoms with Crippen LogP contribution in [0.3, 0.4) is 0 Å². The smallest absolute Gasteiger partial charge is 0.254 e. The molecule has 3 amide bonds. The summed E-state index contributed by atoms with van der Waals surface area (Å²) in [6, 6.07) is 19.2. The number of unbranched alkanes of at least 4 members (excludes halogenated alkanes) is 1. The number of amides is 3. The molecule has 0 fully saturated rings. The van der Waals surface area contributed by atoms with Gasteiger partial charge in [-0.25, -0.2) is 0 Å². The van der Waals surface area contributed by atoms with Gasteiger partial charge in [-0.3, -0.25) is 14.4 Å². The fourth-order valence-corrected chi connectivity index (χ4v) is 3.74. The van der Waals surface area contributed by atoms with Crippen LogP contribution in [-0.2, 0) is 20.9 Å². The van der Waals surface area contributed by atoms with Gasteiger partial charge in [-0.05, 0) is 43.0 Å². The fourth-order valence-electron chi connectivity index (χ4n) is 3.74. The molecule has 8 heteroatoms. The Morgan fingerprint density at radius 3 is 2.00 bits per heavy atom. The van der Waals surface area contributed by atoms with E-state index < -0.39 is 24.0 Å². The number of aliphatic hydroxyl groups is 2. The number of nitrogens with one attached hydrogen (secondary N) is 2. The fraction of sp³-hybridized carbons (Fsp3) is 0.344. The lowest BCUT2D eigenvalue weighted by Gasteiger charge is -2.25. The number of carbonyl (C=O) groups is 3. The zero-order chi connectivity index (χ0) is 29.9. The van der Waals surface area contributed by atoms with Crippen LogP contribution in [0.15, 0.2) is 91.0 Å². The summed E-state index contributed by atoms with van der Waals surface area (Å²) in [6.07, 6.45) is 2.98.